The van der Waals surface area contributed by atoms with E-state index in [0.717, 1.165) is 16.6 Å². The van der Waals surface area contributed by atoms with Crippen LogP contribution in [0.1, 0.15) is 49.7 Å². The molecule has 30 heavy (non-hydrogen) atoms. The zero-order valence-corrected chi connectivity index (χ0v) is 18.7. The van der Waals surface area contributed by atoms with Gasteiger partial charge < -0.3 is 19.5 Å². The molecule has 1 aromatic carbocycles. The quantitative estimate of drug-likeness (QED) is 0.600. The largest absolute Gasteiger partial charge is 0.497 e. The van der Waals surface area contributed by atoms with E-state index < -0.39 is 0 Å². The average molecular weight is 421 g/mol. The molecule has 5 nitrogen and oxygen atoms in total. The highest BCUT2D eigenvalue weighted by Gasteiger charge is 2.40. The molecule has 0 saturated carbocycles. The van der Waals surface area contributed by atoms with Crippen molar-refractivity contribution in [3.8, 4) is 5.75 Å². The maximum absolute atomic E-state index is 5.78. The molecule has 156 valence electrons. The Morgan fingerprint density at radius 3 is 2.47 bits per heavy atom. The summed E-state index contributed by atoms with van der Waals surface area (Å²) in [5.74, 6) is 0.853. The van der Waals surface area contributed by atoms with Gasteiger partial charge in [-0.1, -0.05) is 18.2 Å². The van der Waals surface area contributed by atoms with Gasteiger partial charge in [-0.3, -0.25) is 4.98 Å². The van der Waals surface area contributed by atoms with E-state index in [1.54, 1.807) is 7.11 Å². The van der Waals surface area contributed by atoms with Gasteiger partial charge in [0.05, 0.1) is 24.9 Å². The fraction of sp³-hybridized carbons (Fsp3) is 0.333. The third kappa shape index (κ3) is 4.05. The van der Waals surface area contributed by atoms with E-state index in [9.17, 15) is 0 Å². The van der Waals surface area contributed by atoms with Crippen LogP contribution < -0.4 is 10.1 Å². The van der Waals surface area contributed by atoms with Crippen molar-refractivity contribution in [3.05, 3.63) is 83.9 Å². The fourth-order valence-corrected chi connectivity index (χ4v) is 4.18. The molecule has 4 rings (SSSR count). The Morgan fingerprint density at radius 2 is 1.87 bits per heavy atom. The van der Waals surface area contributed by atoms with Crippen LogP contribution in [0.2, 0.25) is 0 Å². The van der Waals surface area contributed by atoms with E-state index in [0.29, 0.717) is 6.54 Å². The number of ether oxygens (including phenoxy) is 1. The smallest absolute Gasteiger partial charge is 0.170 e. The Balaban J connectivity index is 1.71. The molecule has 1 aliphatic heterocycles. The lowest BCUT2D eigenvalue weighted by Crippen LogP contribution is -2.29. The van der Waals surface area contributed by atoms with Crippen molar-refractivity contribution in [1.82, 2.24) is 19.8 Å². The van der Waals surface area contributed by atoms with E-state index in [-0.39, 0.29) is 17.6 Å². The number of hydrogen-bond acceptors (Lipinski definition) is 3. The number of nitrogens with zero attached hydrogens (tertiary/aromatic N) is 3. The van der Waals surface area contributed by atoms with Crippen molar-refractivity contribution in [2.75, 3.05) is 7.11 Å². The highest BCUT2D eigenvalue weighted by atomic mass is 32.1. The van der Waals surface area contributed by atoms with Crippen molar-refractivity contribution >= 4 is 17.3 Å². The van der Waals surface area contributed by atoms with Crippen LogP contribution in [0.15, 0.2) is 67.1 Å². The molecule has 1 N–H and O–H groups in total. The molecule has 0 bridgehead atoms. The van der Waals surface area contributed by atoms with Gasteiger partial charge in [0, 0.05) is 30.7 Å². The standard InChI is InChI=1S/C24H28N4OS/c1-24(2,3)27-14-12-18(16-27)22-21(20-7-5-6-13-25-20)26-23(30)28(22)15-17-8-10-19(29-4)11-9-17/h5-14,16,21-22H,15H2,1-4H3,(H,26,30)/t21-,22-/m0/s1. The van der Waals surface area contributed by atoms with Gasteiger partial charge >= 0.3 is 0 Å². The summed E-state index contributed by atoms with van der Waals surface area (Å²) in [4.78, 5) is 6.88. The van der Waals surface area contributed by atoms with Crippen molar-refractivity contribution < 1.29 is 4.74 Å². The first-order valence-corrected chi connectivity index (χ1v) is 10.6. The molecule has 1 fully saturated rings. The molecule has 6 heteroatoms. The normalized spacial score (nSPS) is 19.1. The third-order valence-corrected chi connectivity index (χ3v) is 5.89. The van der Waals surface area contributed by atoms with Crippen LogP contribution in [-0.2, 0) is 12.1 Å². The molecule has 0 amide bonds. The topological polar surface area (TPSA) is 42.3 Å². The van der Waals surface area contributed by atoms with Crippen LogP contribution in [0.3, 0.4) is 0 Å². The number of benzene rings is 1. The molecule has 3 heterocycles. The molecular formula is C24H28N4OS. The van der Waals surface area contributed by atoms with E-state index in [1.165, 1.54) is 11.1 Å². The molecule has 3 aromatic rings. The molecule has 0 unspecified atom stereocenters. The molecular weight excluding hydrogens is 392 g/mol. The SMILES string of the molecule is COc1ccc(CN2C(=S)N[C@@H](c3ccccn3)[C@@H]2c2ccn(C(C)(C)C)c2)cc1. The Bertz CT molecular complexity index is 1010. The minimum Gasteiger partial charge on any atom is -0.497 e. The average Bonchev–Trinajstić information content (AvgIpc) is 3.34. The molecule has 2 aromatic heterocycles. The summed E-state index contributed by atoms with van der Waals surface area (Å²) in [7, 11) is 1.68. The van der Waals surface area contributed by atoms with Gasteiger partial charge in [-0.25, -0.2) is 0 Å². The van der Waals surface area contributed by atoms with Gasteiger partial charge in [-0.05, 0) is 74.4 Å². The van der Waals surface area contributed by atoms with Crippen molar-refractivity contribution in [1.29, 1.82) is 0 Å². The van der Waals surface area contributed by atoms with Crippen LogP contribution in [0.5, 0.6) is 5.75 Å². The number of nitrogens with one attached hydrogen (secondary N) is 1. The number of aromatic nitrogens is 2. The Hall–Kier alpha value is -2.86. The van der Waals surface area contributed by atoms with Gasteiger partial charge in [0.1, 0.15) is 5.75 Å². The second-order valence-corrected chi connectivity index (χ2v) is 9.01. The first-order valence-electron chi connectivity index (χ1n) is 10.2. The summed E-state index contributed by atoms with van der Waals surface area (Å²) in [5.41, 5.74) is 3.42. The van der Waals surface area contributed by atoms with E-state index in [1.807, 2.05) is 30.5 Å². The lowest BCUT2D eigenvalue weighted by Gasteiger charge is -2.28. The maximum atomic E-state index is 5.78. The molecule has 0 spiro atoms. The highest BCUT2D eigenvalue weighted by molar-refractivity contribution is 7.80. The van der Waals surface area contributed by atoms with Gasteiger partial charge in [0.15, 0.2) is 5.11 Å². The van der Waals surface area contributed by atoms with Crippen LogP contribution in [0.25, 0.3) is 0 Å². The fourth-order valence-electron chi connectivity index (χ4n) is 3.87. The number of pyridine rings is 1. The van der Waals surface area contributed by atoms with Crippen LogP contribution in [0, 0.1) is 0 Å². The lowest BCUT2D eigenvalue weighted by molar-refractivity contribution is 0.309. The third-order valence-electron chi connectivity index (χ3n) is 5.54. The Labute approximate surface area is 183 Å². The van der Waals surface area contributed by atoms with Gasteiger partial charge in [0.2, 0.25) is 0 Å². The zero-order chi connectivity index (χ0) is 21.3. The summed E-state index contributed by atoms with van der Waals surface area (Å²) in [6.07, 6.45) is 6.22. The lowest BCUT2D eigenvalue weighted by atomic mass is 9.98. The van der Waals surface area contributed by atoms with Crippen LogP contribution in [0.4, 0.5) is 0 Å². The summed E-state index contributed by atoms with van der Waals surface area (Å²) in [5, 5.41) is 4.27. The summed E-state index contributed by atoms with van der Waals surface area (Å²) in [6.45, 7) is 7.34. The van der Waals surface area contributed by atoms with E-state index in [4.69, 9.17) is 17.0 Å². The molecule has 2 atom stereocenters. The first kappa shape index (κ1) is 20.4. The van der Waals surface area contributed by atoms with Crippen LogP contribution in [-0.4, -0.2) is 26.7 Å². The van der Waals surface area contributed by atoms with Gasteiger partial charge in [-0.2, -0.15) is 0 Å². The monoisotopic (exact) mass is 420 g/mol. The van der Waals surface area contributed by atoms with Crippen molar-refractivity contribution in [3.63, 3.8) is 0 Å². The van der Waals surface area contributed by atoms with Gasteiger partial charge in [0.25, 0.3) is 0 Å². The highest BCUT2D eigenvalue weighted by Crippen LogP contribution is 2.40. The van der Waals surface area contributed by atoms with Crippen LogP contribution >= 0.6 is 12.2 Å². The van der Waals surface area contributed by atoms with Gasteiger partial charge in [-0.15, -0.1) is 0 Å². The summed E-state index contributed by atoms with van der Waals surface area (Å²) >= 11 is 5.78. The molecule has 0 radical (unpaired) electrons. The summed E-state index contributed by atoms with van der Waals surface area (Å²) in [6, 6.07) is 16.4. The molecule has 0 aliphatic carbocycles. The number of hydrogen-bond donors (Lipinski definition) is 1. The molecule has 1 aliphatic rings. The predicted octanol–water partition coefficient (Wildman–Crippen LogP) is 4.82. The van der Waals surface area contributed by atoms with E-state index >= 15 is 0 Å². The van der Waals surface area contributed by atoms with Crippen molar-refractivity contribution in [2.45, 2.75) is 44.9 Å². The number of rotatable bonds is 5. The minimum atomic E-state index is -0.00670. The zero-order valence-electron chi connectivity index (χ0n) is 17.9. The minimum absolute atomic E-state index is 0.00670. The number of thiocarbonyl (C=S) groups is 1. The second-order valence-electron chi connectivity index (χ2n) is 8.63. The predicted molar refractivity (Wildman–Crippen MR) is 123 cm³/mol. The number of methoxy groups -OCH3 is 1. The van der Waals surface area contributed by atoms with E-state index in [2.05, 4.69) is 77.2 Å². The second kappa shape index (κ2) is 8.11. The first-order chi connectivity index (χ1) is 14.4. The molecule has 1 saturated heterocycles. The Kier molecular flexibility index (Phi) is 5.52. The van der Waals surface area contributed by atoms with Crippen molar-refractivity contribution in [2.24, 2.45) is 0 Å². The maximum Gasteiger partial charge on any atom is 0.170 e. The summed E-state index contributed by atoms with van der Waals surface area (Å²) < 4.78 is 7.55. The Morgan fingerprint density at radius 1 is 1.10 bits per heavy atom.